The van der Waals surface area contributed by atoms with Crippen LogP contribution in [0, 0.1) is 17.2 Å². The Morgan fingerprint density at radius 3 is 2.83 bits per heavy atom. The molecule has 3 saturated heterocycles. The number of nitrogens with zero attached hydrogens (tertiary/aromatic N) is 5. The van der Waals surface area contributed by atoms with Crippen molar-refractivity contribution in [3.63, 3.8) is 0 Å². The molecule has 0 radical (unpaired) electrons. The number of carbonyl (C=O) groups is 1. The fourth-order valence-electron chi connectivity index (χ4n) is 8.54. The number of fused-ring (bicyclic) bond motifs is 4. The summed E-state index contributed by atoms with van der Waals surface area (Å²) in [7, 11) is 0. The lowest BCUT2D eigenvalue weighted by Gasteiger charge is -2.43. The minimum absolute atomic E-state index is 0.0262. The Morgan fingerprint density at radius 1 is 1.17 bits per heavy atom. The third-order valence-electron chi connectivity index (χ3n) is 10.8. The van der Waals surface area contributed by atoms with Gasteiger partial charge in [0.2, 0.25) is 0 Å². The lowest BCUT2D eigenvalue weighted by Crippen LogP contribution is -2.44. The highest BCUT2D eigenvalue weighted by molar-refractivity contribution is 6.31. The fraction of sp³-hybridized carbons (Fsp3) is 0.667. The Morgan fingerprint density at radius 2 is 2.02 bits per heavy atom. The Kier molecular flexibility index (Phi) is 8.97. The zero-order valence-corrected chi connectivity index (χ0v) is 29.0. The van der Waals surface area contributed by atoms with Crippen molar-refractivity contribution in [2.75, 3.05) is 43.0 Å². The van der Waals surface area contributed by atoms with Crippen molar-refractivity contribution in [1.29, 1.82) is 5.26 Å². The van der Waals surface area contributed by atoms with E-state index in [2.05, 4.69) is 21.2 Å². The van der Waals surface area contributed by atoms with E-state index in [0.29, 0.717) is 55.9 Å². The number of nitriles is 1. The van der Waals surface area contributed by atoms with Gasteiger partial charge in [-0.2, -0.15) is 15.2 Å². The third-order valence-corrected chi connectivity index (χ3v) is 11.1. The van der Waals surface area contributed by atoms with Crippen LogP contribution in [0.3, 0.4) is 0 Å². The van der Waals surface area contributed by atoms with Crippen molar-refractivity contribution in [3.8, 4) is 12.1 Å². The first-order chi connectivity index (χ1) is 23.0. The SMILES string of the molecule is CC(C)(C)OC(=O)Nc1cc(Cl)c2c(c1)C1(CCC2)Cc2nc(OC[C@@]34CCCN3C[C@H](F)C4)nc(N3CCC[C@@H](C#N)CC3)c2CO1. The predicted molar refractivity (Wildman–Crippen MR) is 180 cm³/mol. The second-order valence-corrected chi connectivity index (χ2v) is 15.7. The zero-order chi connectivity index (χ0) is 33.7. The number of hydrogen-bond donors (Lipinski definition) is 1. The minimum atomic E-state index is -0.844. The average Bonchev–Trinajstić information content (AvgIpc) is 3.43. The molecule has 1 spiro atoms. The largest absolute Gasteiger partial charge is 0.461 e. The van der Waals surface area contributed by atoms with Crippen LogP contribution in [-0.2, 0) is 34.5 Å². The van der Waals surface area contributed by atoms with Gasteiger partial charge in [-0.05, 0) is 102 Å². The van der Waals surface area contributed by atoms with Crippen molar-refractivity contribution in [1.82, 2.24) is 14.9 Å². The molecule has 0 saturated carbocycles. The molecule has 1 N–H and O–H groups in total. The van der Waals surface area contributed by atoms with Crippen LogP contribution in [0.5, 0.6) is 6.01 Å². The van der Waals surface area contributed by atoms with Gasteiger partial charge in [0.05, 0.1) is 29.5 Å². The molecule has 3 fully saturated rings. The summed E-state index contributed by atoms with van der Waals surface area (Å²) in [6, 6.07) is 6.50. The molecule has 48 heavy (non-hydrogen) atoms. The van der Waals surface area contributed by atoms with Crippen molar-refractivity contribution in [2.24, 2.45) is 5.92 Å². The molecule has 1 amide bonds. The van der Waals surface area contributed by atoms with E-state index >= 15 is 0 Å². The third kappa shape index (κ3) is 6.56. The van der Waals surface area contributed by atoms with Gasteiger partial charge >= 0.3 is 12.1 Å². The highest BCUT2D eigenvalue weighted by Gasteiger charge is 2.50. The highest BCUT2D eigenvalue weighted by Crippen LogP contribution is 2.49. The molecule has 258 valence electrons. The highest BCUT2D eigenvalue weighted by atomic mass is 35.5. The van der Waals surface area contributed by atoms with E-state index in [1.54, 1.807) is 6.07 Å². The number of ether oxygens (including phenoxy) is 3. The van der Waals surface area contributed by atoms with Crippen LogP contribution in [0.2, 0.25) is 5.02 Å². The molecular weight excluding hydrogens is 635 g/mol. The van der Waals surface area contributed by atoms with Gasteiger partial charge in [0, 0.05) is 54.7 Å². The van der Waals surface area contributed by atoms with Gasteiger partial charge < -0.3 is 19.1 Å². The molecule has 10 nitrogen and oxygen atoms in total. The molecule has 1 unspecified atom stereocenters. The van der Waals surface area contributed by atoms with E-state index in [0.717, 1.165) is 92.7 Å². The molecule has 4 aliphatic heterocycles. The van der Waals surface area contributed by atoms with Crippen LogP contribution in [0.4, 0.5) is 20.7 Å². The quantitative estimate of drug-likeness (QED) is 0.362. The molecule has 7 rings (SSSR count). The number of aromatic nitrogens is 2. The molecule has 1 aliphatic carbocycles. The molecule has 2 aromatic rings. The van der Waals surface area contributed by atoms with Gasteiger partial charge in [-0.25, -0.2) is 9.18 Å². The second kappa shape index (κ2) is 12.9. The summed E-state index contributed by atoms with van der Waals surface area (Å²) in [5.74, 6) is 0.826. The monoisotopic (exact) mass is 680 g/mol. The maximum Gasteiger partial charge on any atom is 0.412 e. The first-order valence-corrected chi connectivity index (χ1v) is 17.9. The smallest absolute Gasteiger partial charge is 0.412 e. The topological polar surface area (TPSA) is 113 Å². The van der Waals surface area contributed by atoms with Gasteiger partial charge in [-0.15, -0.1) is 0 Å². The first-order valence-electron chi connectivity index (χ1n) is 17.5. The van der Waals surface area contributed by atoms with Gasteiger partial charge in [0.1, 0.15) is 24.2 Å². The maximum atomic E-state index is 14.6. The van der Waals surface area contributed by atoms with Crippen LogP contribution < -0.4 is 15.0 Å². The maximum absolute atomic E-state index is 14.6. The summed E-state index contributed by atoms with van der Waals surface area (Å²) in [5.41, 5.74) is 2.68. The Bertz CT molecular complexity index is 1610. The van der Waals surface area contributed by atoms with Gasteiger partial charge in [-0.1, -0.05) is 11.6 Å². The Hall–Kier alpha value is -3.20. The predicted octanol–water partition coefficient (Wildman–Crippen LogP) is 6.87. The summed E-state index contributed by atoms with van der Waals surface area (Å²) in [6.45, 7) is 8.98. The van der Waals surface area contributed by atoms with Gasteiger partial charge in [0.15, 0.2) is 0 Å². The number of benzene rings is 1. The number of carbonyl (C=O) groups excluding carboxylic acids is 1. The normalized spacial score (nSPS) is 28.6. The number of rotatable bonds is 5. The number of hydrogen-bond acceptors (Lipinski definition) is 9. The number of anilines is 2. The molecule has 12 heteroatoms. The minimum Gasteiger partial charge on any atom is -0.461 e. The van der Waals surface area contributed by atoms with Crippen LogP contribution in [0.15, 0.2) is 12.1 Å². The van der Waals surface area contributed by atoms with Crippen molar-refractivity contribution in [2.45, 2.75) is 114 Å². The van der Waals surface area contributed by atoms with Crippen LogP contribution in [-0.4, -0.2) is 71.1 Å². The zero-order valence-electron chi connectivity index (χ0n) is 28.2. The van der Waals surface area contributed by atoms with Crippen molar-refractivity contribution < 1.29 is 23.4 Å². The van der Waals surface area contributed by atoms with Crippen LogP contribution >= 0.6 is 11.6 Å². The van der Waals surface area contributed by atoms with E-state index in [4.69, 9.17) is 35.8 Å². The van der Waals surface area contributed by atoms with E-state index in [1.165, 1.54) is 0 Å². The molecule has 0 bridgehead atoms. The molecular formula is C36H46ClFN6O4. The standard InChI is InChI=1S/C36H46ClFN6O4/c1-34(2,3)48-33(45)40-25-15-28-26(29(37)16-25)8-4-11-36(28)18-30-27(21-47-36)31(43-12-5-7-23(19-39)9-14-43)42-32(41-30)46-22-35-10-6-13-44(35)20-24(38)17-35/h15-16,23-24H,4-14,17-18,20-22H2,1-3H3,(H,40,45)/t23-,24-,35+,36?/m1/s1. The second-order valence-electron chi connectivity index (χ2n) is 15.3. The number of amides is 1. The first kappa shape index (κ1) is 33.3. The summed E-state index contributed by atoms with van der Waals surface area (Å²) in [5, 5.41) is 13.1. The Labute approximate surface area is 287 Å². The van der Waals surface area contributed by atoms with E-state index in [-0.39, 0.29) is 11.5 Å². The lowest BCUT2D eigenvalue weighted by atomic mass is 9.74. The molecule has 1 aromatic carbocycles. The van der Waals surface area contributed by atoms with Crippen LogP contribution in [0.1, 0.15) is 94.5 Å². The van der Waals surface area contributed by atoms with E-state index in [1.807, 2.05) is 26.8 Å². The fourth-order valence-corrected chi connectivity index (χ4v) is 8.86. The number of alkyl halides is 1. The molecule has 4 atom stereocenters. The molecule has 5 heterocycles. The molecule has 5 aliphatic rings. The lowest BCUT2D eigenvalue weighted by molar-refractivity contribution is -0.0855. The average molecular weight is 681 g/mol. The van der Waals surface area contributed by atoms with Gasteiger partial charge in [-0.3, -0.25) is 10.2 Å². The van der Waals surface area contributed by atoms with Gasteiger partial charge in [0.25, 0.3) is 0 Å². The van der Waals surface area contributed by atoms with E-state index in [9.17, 15) is 14.4 Å². The Balaban J connectivity index is 1.22. The summed E-state index contributed by atoms with van der Waals surface area (Å²) in [4.78, 5) is 27.2. The van der Waals surface area contributed by atoms with Crippen molar-refractivity contribution in [3.05, 3.63) is 39.5 Å². The summed E-state index contributed by atoms with van der Waals surface area (Å²) < 4.78 is 33.4. The molecule has 1 aromatic heterocycles. The number of halogens is 2. The van der Waals surface area contributed by atoms with Crippen molar-refractivity contribution >= 4 is 29.2 Å². The van der Waals surface area contributed by atoms with Crippen LogP contribution in [0.25, 0.3) is 0 Å². The van der Waals surface area contributed by atoms with E-state index < -0.39 is 23.5 Å². The summed E-state index contributed by atoms with van der Waals surface area (Å²) >= 11 is 6.86. The number of nitrogens with one attached hydrogen (secondary N) is 1. The summed E-state index contributed by atoms with van der Waals surface area (Å²) in [6.07, 6.45) is 6.52.